The number of alkyl carbamates (subject to hydrolysis) is 1. The number of aromatic carboxylic acids is 1. The summed E-state index contributed by atoms with van der Waals surface area (Å²) in [4.78, 5) is 22.5. The summed E-state index contributed by atoms with van der Waals surface area (Å²) >= 11 is 0. The van der Waals surface area contributed by atoms with Gasteiger partial charge in [0.15, 0.2) is 0 Å². The monoisotopic (exact) mass is 381 g/mol. The zero-order valence-corrected chi connectivity index (χ0v) is 13.9. The molecule has 0 saturated carbocycles. The van der Waals surface area contributed by atoms with Crippen LogP contribution in [0.4, 0.5) is 13.6 Å². The molecule has 0 aliphatic carbocycles. The smallest absolute Gasteiger partial charge is 0.407 e. The second-order valence-corrected chi connectivity index (χ2v) is 5.59. The molecule has 0 spiro atoms. The molecule has 1 amide bonds. The Balaban J connectivity index is 1.94. The molecule has 27 heavy (non-hydrogen) atoms. The number of carboxylic acids is 1. The molecule has 0 aromatic heterocycles. The molecule has 0 radical (unpaired) electrons. The number of amides is 1. The average molecular weight is 381 g/mol. The van der Waals surface area contributed by atoms with Crippen LogP contribution in [0.1, 0.15) is 27.6 Å². The number of aliphatic hydroxyl groups is 2. The lowest BCUT2D eigenvalue weighted by atomic mass is 10.0. The van der Waals surface area contributed by atoms with Gasteiger partial charge in [-0.05, 0) is 11.6 Å². The van der Waals surface area contributed by atoms with Crippen molar-refractivity contribution >= 4 is 12.1 Å². The van der Waals surface area contributed by atoms with Gasteiger partial charge in [-0.2, -0.15) is 0 Å². The van der Waals surface area contributed by atoms with E-state index in [1.807, 2.05) is 0 Å². The Hall–Kier alpha value is -3.04. The molecule has 144 valence electrons. The van der Waals surface area contributed by atoms with Gasteiger partial charge < -0.3 is 25.4 Å². The Kier molecular flexibility index (Phi) is 6.80. The van der Waals surface area contributed by atoms with Crippen LogP contribution in [0.15, 0.2) is 42.5 Å². The molecule has 0 aliphatic heterocycles. The van der Waals surface area contributed by atoms with E-state index < -0.39 is 53.6 Å². The molecular weight excluding hydrogens is 364 g/mol. The summed E-state index contributed by atoms with van der Waals surface area (Å²) in [6, 6.07) is 10.3. The SMILES string of the molecule is O=C(NCC(O)C(O)c1ccc(F)c(C(=O)O)c1F)OCc1ccccc1. The van der Waals surface area contributed by atoms with Crippen LogP contribution in [0.3, 0.4) is 0 Å². The lowest BCUT2D eigenvalue weighted by Crippen LogP contribution is -2.36. The molecule has 0 aliphatic rings. The number of nitrogens with one attached hydrogen (secondary N) is 1. The van der Waals surface area contributed by atoms with E-state index in [9.17, 15) is 28.6 Å². The Morgan fingerprint density at radius 1 is 1.07 bits per heavy atom. The van der Waals surface area contributed by atoms with E-state index in [-0.39, 0.29) is 6.61 Å². The van der Waals surface area contributed by atoms with Crippen LogP contribution in [0, 0.1) is 11.6 Å². The maximum Gasteiger partial charge on any atom is 0.407 e. The van der Waals surface area contributed by atoms with Gasteiger partial charge in [0.1, 0.15) is 36.0 Å². The number of rotatable bonds is 7. The van der Waals surface area contributed by atoms with E-state index in [4.69, 9.17) is 9.84 Å². The topological polar surface area (TPSA) is 116 Å². The van der Waals surface area contributed by atoms with Crippen LogP contribution >= 0.6 is 0 Å². The summed E-state index contributed by atoms with van der Waals surface area (Å²) in [5.74, 6) is -4.66. The molecule has 0 saturated heterocycles. The van der Waals surface area contributed by atoms with Crippen molar-refractivity contribution in [3.8, 4) is 0 Å². The molecule has 2 aromatic carbocycles. The van der Waals surface area contributed by atoms with Crippen LogP contribution < -0.4 is 5.32 Å². The summed E-state index contributed by atoms with van der Waals surface area (Å²) in [5.41, 5.74) is -1.11. The maximum atomic E-state index is 14.1. The number of hydrogen-bond donors (Lipinski definition) is 4. The number of ether oxygens (including phenoxy) is 1. The first kappa shape index (κ1) is 20.3. The third-order valence-corrected chi connectivity index (χ3v) is 3.69. The van der Waals surface area contributed by atoms with Gasteiger partial charge in [-0.25, -0.2) is 18.4 Å². The Bertz CT molecular complexity index is 815. The fourth-order valence-corrected chi connectivity index (χ4v) is 2.27. The molecule has 2 unspecified atom stereocenters. The largest absolute Gasteiger partial charge is 0.477 e. The quantitative estimate of drug-likeness (QED) is 0.583. The number of aliphatic hydroxyl groups excluding tert-OH is 2. The van der Waals surface area contributed by atoms with E-state index in [1.165, 1.54) is 0 Å². The Morgan fingerprint density at radius 3 is 2.37 bits per heavy atom. The van der Waals surface area contributed by atoms with E-state index in [0.29, 0.717) is 6.07 Å². The van der Waals surface area contributed by atoms with Gasteiger partial charge in [-0.15, -0.1) is 0 Å². The van der Waals surface area contributed by atoms with E-state index in [1.54, 1.807) is 30.3 Å². The van der Waals surface area contributed by atoms with Crippen LogP contribution in [0.25, 0.3) is 0 Å². The molecule has 9 heteroatoms. The highest BCUT2D eigenvalue weighted by Crippen LogP contribution is 2.24. The van der Waals surface area contributed by atoms with Crippen molar-refractivity contribution in [2.24, 2.45) is 0 Å². The Labute approximate surface area is 152 Å². The van der Waals surface area contributed by atoms with E-state index in [2.05, 4.69) is 5.32 Å². The van der Waals surface area contributed by atoms with E-state index in [0.717, 1.165) is 11.6 Å². The van der Waals surface area contributed by atoms with Crippen molar-refractivity contribution in [2.45, 2.75) is 18.8 Å². The maximum absolute atomic E-state index is 14.1. The fraction of sp³-hybridized carbons (Fsp3) is 0.222. The highest BCUT2D eigenvalue weighted by Gasteiger charge is 2.27. The van der Waals surface area contributed by atoms with Crippen LogP contribution in [-0.4, -0.2) is 40.0 Å². The Morgan fingerprint density at radius 2 is 1.74 bits per heavy atom. The number of carbonyl (C=O) groups excluding carboxylic acids is 1. The molecular formula is C18H17F2NO6. The van der Waals surface area contributed by atoms with Gasteiger partial charge in [0.05, 0.1) is 0 Å². The van der Waals surface area contributed by atoms with Crippen LogP contribution in [0.2, 0.25) is 0 Å². The zero-order chi connectivity index (χ0) is 20.0. The number of halogens is 2. The van der Waals surface area contributed by atoms with Crippen molar-refractivity contribution in [2.75, 3.05) is 6.54 Å². The average Bonchev–Trinajstić information content (AvgIpc) is 2.64. The predicted octanol–water partition coefficient (Wildman–Crippen LogP) is 1.98. The first-order valence-corrected chi connectivity index (χ1v) is 7.83. The second kappa shape index (κ2) is 9.06. The molecule has 7 nitrogen and oxygen atoms in total. The van der Waals surface area contributed by atoms with Gasteiger partial charge in [-0.3, -0.25) is 0 Å². The van der Waals surface area contributed by atoms with Gasteiger partial charge in [0.25, 0.3) is 0 Å². The van der Waals surface area contributed by atoms with Gasteiger partial charge in [0.2, 0.25) is 0 Å². The van der Waals surface area contributed by atoms with Crippen molar-refractivity contribution < 1.29 is 38.4 Å². The normalized spacial score (nSPS) is 12.9. The third kappa shape index (κ3) is 5.22. The lowest BCUT2D eigenvalue weighted by Gasteiger charge is -2.19. The van der Waals surface area contributed by atoms with Crippen molar-refractivity contribution in [3.63, 3.8) is 0 Å². The van der Waals surface area contributed by atoms with Crippen molar-refractivity contribution in [1.82, 2.24) is 5.32 Å². The van der Waals surface area contributed by atoms with E-state index >= 15 is 0 Å². The number of carboxylic acid groups (broad SMARTS) is 1. The molecule has 2 rings (SSSR count). The van der Waals surface area contributed by atoms with Gasteiger partial charge >= 0.3 is 12.1 Å². The molecule has 2 aromatic rings. The third-order valence-electron chi connectivity index (χ3n) is 3.69. The minimum absolute atomic E-state index is 0.0140. The summed E-state index contributed by atoms with van der Waals surface area (Å²) in [5, 5.41) is 30.9. The minimum atomic E-state index is -1.89. The standard InChI is InChI=1S/C18H17F2NO6/c19-12-7-6-11(15(20)14(12)17(24)25)16(23)13(22)8-21-18(26)27-9-10-4-2-1-3-5-10/h1-7,13,16,22-23H,8-9H2,(H,21,26)(H,24,25). The van der Waals surface area contributed by atoms with Crippen molar-refractivity contribution in [3.05, 3.63) is 70.8 Å². The molecule has 0 bridgehead atoms. The lowest BCUT2D eigenvalue weighted by molar-refractivity contribution is 0.0162. The molecule has 4 N–H and O–H groups in total. The highest BCUT2D eigenvalue weighted by atomic mass is 19.1. The summed E-state index contributed by atoms with van der Waals surface area (Å²) < 4.78 is 32.4. The number of benzene rings is 2. The summed E-state index contributed by atoms with van der Waals surface area (Å²) in [7, 11) is 0. The second-order valence-electron chi connectivity index (χ2n) is 5.59. The number of carbonyl (C=O) groups is 2. The van der Waals surface area contributed by atoms with Gasteiger partial charge in [-0.1, -0.05) is 36.4 Å². The highest BCUT2D eigenvalue weighted by molar-refractivity contribution is 5.88. The first-order valence-electron chi connectivity index (χ1n) is 7.83. The first-order chi connectivity index (χ1) is 12.8. The van der Waals surface area contributed by atoms with Crippen molar-refractivity contribution in [1.29, 1.82) is 0 Å². The number of hydrogen-bond acceptors (Lipinski definition) is 5. The summed E-state index contributed by atoms with van der Waals surface area (Å²) in [6.07, 6.45) is -4.45. The minimum Gasteiger partial charge on any atom is -0.477 e. The van der Waals surface area contributed by atoms with Crippen LogP contribution in [-0.2, 0) is 11.3 Å². The molecule has 0 fully saturated rings. The van der Waals surface area contributed by atoms with Gasteiger partial charge in [0, 0.05) is 12.1 Å². The summed E-state index contributed by atoms with van der Waals surface area (Å²) in [6.45, 7) is -0.520. The van der Waals surface area contributed by atoms with Crippen LogP contribution in [0.5, 0.6) is 0 Å². The fourth-order valence-electron chi connectivity index (χ4n) is 2.27. The predicted molar refractivity (Wildman–Crippen MR) is 88.9 cm³/mol. The molecule has 2 atom stereocenters. The zero-order valence-electron chi connectivity index (χ0n) is 13.9. The molecule has 0 heterocycles.